The Morgan fingerprint density at radius 1 is 1.78 bits per heavy atom. The second-order valence-electron chi connectivity index (χ2n) is 1.37. The van der Waals surface area contributed by atoms with Crippen LogP contribution in [0.15, 0.2) is 10.1 Å². The Morgan fingerprint density at radius 2 is 2.67 bits per heavy atom. The van der Waals surface area contributed by atoms with Crippen LogP contribution < -0.4 is 5.43 Å². The first-order chi connectivity index (χ1) is 4.43. The summed E-state index contributed by atoms with van der Waals surface area (Å²) in [5.41, 5.74) is 2.33. The molecule has 0 atom stereocenters. The highest BCUT2D eigenvalue weighted by atomic mass is 15.7. The van der Waals surface area contributed by atoms with Crippen LogP contribution in [0.5, 0.6) is 0 Å². The lowest BCUT2D eigenvalue weighted by atomic mass is 10.7. The fourth-order valence-corrected chi connectivity index (χ4v) is 0.443. The van der Waals surface area contributed by atoms with Crippen molar-refractivity contribution in [2.45, 2.75) is 0 Å². The molecule has 1 rings (SSSR count). The summed E-state index contributed by atoms with van der Waals surface area (Å²) in [6.45, 7) is 0.532. The van der Waals surface area contributed by atoms with Crippen LogP contribution >= 0.6 is 0 Å². The first-order valence-electron chi connectivity index (χ1n) is 2.40. The molecule has 5 heteroatoms. The number of nitrogens with one attached hydrogen (secondary N) is 1. The van der Waals surface area contributed by atoms with Gasteiger partial charge in [0.05, 0.1) is 6.54 Å². The molecule has 0 aromatic rings. The first-order valence-corrected chi connectivity index (χ1v) is 2.40. The number of nitrogens with zero attached hydrogens (tertiary/aromatic N) is 4. The van der Waals surface area contributed by atoms with Gasteiger partial charge in [-0.3, -0.25) is 0 Å². The van der Waals surface area contributed by atoms with Gasteiger partial charge in [0.25, 0.3) is 0 Å². The Hall–Kier alpha value is -1.57. The van der Waals surface area contributed by atoms with Crippen molar-refractivity contribution in [1.29, 1.82) is 5.26 Å². The van der Waals surface area contributed by atoms with Crippen LogP contribution in [-0.4, -0.2) is 24.2 Å². The van der Waals surface area contributed by atoms with Crippen molar-refractivity contribution in [1.82, 2.24) is 10.5 Å². The first kappa shape index (κ1) is 5.56. The summed E-state index contributed by atoms with van der Waals surface area (Å²) in [4.78, 5) is 3.70. The standard InChI is InChI=1S/C4H5N5/c5-3-7-9-2-1-6-4-8-9/h1,4,7H,2H2. The number of nitriles is 1. The molecule has 0 aliphatic carbocycles. The minimum absolute atomic E-state index is 0.532. The number of rotatable bonds is 1. The van der Waals surface area contributed by atoms with Gasteiger partial charge in [0.15, 0.2) is 6.19 Å². The third kappa shape index (κ3) is 1.42. The number of hydrazine groups is 1. The monoisotopic (exact) mass is 123 g/mol. The molecule has 0 saturated heterocycles. The van der Waals surface area contributed by atoms with E-state index in [4.69, 9.17) is 5.26 Å². The topological polar surface area (TPSA) is 63.8 Å². The number of hydrogen-bond acceptors (Lipinski definition) is 5. The second kappa shape index (κ2) is 2.67. The van der Waals surface area contributed by atoms with Gasteiger partial charge in [-0.25, -0.2) is 10.4 Å². The van der Waals surface area contributed by atoms with E-state index in [9.17, 15) is 0 Å². The third-order valence-electron chi connectivity index (χ3n) is 0.797. The van der Waals surface area contributed by atoms with Gasteiger partial charge in [0, 0.05) is 6.21 Å². The molecule has 0 saturated carbocycles. The van der Waals surface area contributed by atoms with Crippen molar-refractivity contribution in [2.24, 2.45) is 10.1 Å². The van der Waals surface area contributed by atoms with Crippen molar-refractivity contribution in [3.05, 3.63) is 0 Å². The van der Waals surface area contributed by atoms with Crippen LogP contribution in [0.1, 0.15) is 0 Å². The zero-order valence-corrected chi connectivity index (χ0v) is 4.65. The molecule has 0 amide bonds. The SMILES string of the molecule is N#CNN1CC=NC=N1. The van der Waals surface area contributed by atoms with Crippen molar-refractivity contribution < 1.29 is 0 Å². The molecule has 1 N–H and O–H groups in total. The molecule has 0 unspecified atom stereocenters. The molecule has 1 aliphatic rings. The number of hydrogen-bond donors (Lipinski definition) is 1. The van der Waals surface area contributed by atoms with Crippen LogP contribution in [0.4, 0.5) is 0 Å². The molecule has 46 valence electrons. The zero-order valence-electron chi connectivity index (χ0n) is 4.65. The van der Waals surface area contributed by atoms with E-state index < -0.39 is 0 Å². The van der Waals surface area contributed by atoms with Crippen molar-refractivity contribution in [2.75, 3.05) is 6.54 Å². The van der Waals surface area contributed by atoms with E-state index in [1.54, 1.807) is 12.4 Å². The van der Waals surface area contributed by atoms with Gasteiger partial charge in [-0.1, -0.05) is 0 Å². The minimum atomic E-state index is 0.532. The average Bonchev–Trinajstić information content (AvgIpc) is 1.91. The Balaban J connectivity index is 2.39. The highest BCUT2D eigenvalue weighted by Crippen LogP contribution is 1.83. The predicted molar refractivity (Wildman–Crippen MR) is 32.4 cm³/mol. The largest absolute Gasteiger partial charge is 0.245 e. The zero-order chi connectivity index (χ0) is 6.53. The van der Waals surface area contributed by atoms with Crippen molar-refractivity contribution in [3.8, 4) is 6.19 Å². The highest BCUT2D eigenvalue weighted by molar-refractivity contribution is 5.74. The van der Waals surface area contributed by atoms with Crippen LogP contribution in [0, 0.1) is 11.5 Å². The summed E-state index contributed by atoms with van der Waals surface area (Å²) in [6, 6.07) is 0. The maximum Gasteiger partial charge on any atom is 0.198 e. The van der Waals surface area contributed by atoms with Gasteiger partial charge < -0.3 is 0 Å². The Kier molecular flexibility index (Phi) is 1.65. The molecular weight excluding hydrogens is 118 g/mol. The molecular formula is C4H5N5. The Morgan fingerprint density at radius 3 is 3.22 bits per heavy atom. The van der Waals surface area contributed by atoms with E-state index in [1.165, 1.54) is 11.5 Å². The van der Waals surface area contributed by atoms with E-state index in [2.05, 4.69) is 15.5 Å². The maximum absolute atomic E-state index is 8.10. The summed E-state index contributed by atoms with van der Waals surface area (Å²) < 4.78 is 0. The fraction of sp³-hybridized carbons (Fsp3) is 0.250. The molecule has 0 aromatic heterocycles. The predicted octanol–water partition coefficient (Wildman–Crippen LogP) is -0.698. The molecule has 5 nitrogen and oxygen atoms in total. The average molecular weight is 123 g/mol. The van der Waals surface area contributed by atoms with Gasteiger partial charge in [0.1, 0.15) is 6.34 Å². The fourth-order valence-electron chi connectivity index (χ4n) is 0.443. The Labute approximate surface area is 52.3 Å². The molecule has 9 heavy (non-hydrogen) atoms. The smallest absolute Gasteiger partial charge is 0.198 e. The van der Waals surface area contributed by atoms with Crippen molar-refractivity contribution >= 4 is 12.6 Å². The minimum Gasteiger partial charge on any atom is -0.245 e. The maximum atomic E-state index is 8.10. The number of hydrazone groups is 1. The molecule has 0 fully saturated rings. The normalized spacial score (nSPS) is 15.2. The lowest BCUT2D eigenvalue weighted by Gasteiger charge is -2.13. The molecule has 1 heterocycles. The summed E-state index contributed by atoms with van der Waals surface area (Å²) in [5.74, 6) is 0. The van der Waals surface area contributed by atoms with Crippen LogP contribution in [0.2, 0.25) is 0 Å². The lowest BCUT2D eigenvalue weighted by Crippen LogP contribution is -2.32. The van der Waals surface area contributed by atoms with E-state index in [0.717, 1.165) is 0 Å². The summed E-state index contributed by atoms with van der Waals surface area (Å²) >= 11 is 0. The Bertz CT molecular complexity index is 176. The van der Waals surface area contributed by atoms with E-state index in [1.807, 2.05) is 0 Å². The van der Waals surface area contributed by atoms with Gasteiger partial charge in [0.2, 0.25) is 0 Å². The second-order valence-corrected chi connectivity index (χ2v) is 1.37. The van der Waals surface area contributed by atoms with Gasteiger partial charge in [-0.15, -0.1) is 5.10 Å². The van der Waals surface area contributed by atoms with E-state index in [0.29, 0.717) is 6.54 Å². The van der Waals surface area contributed by atoms with E-state index >= 15 is 0 Å². The van der Waals surface area contributed by atoms with Crippen LogP contribution in [0.25, 0.3) is 0 Å². The molecule has 0 bridgehead atoms. The van der Waals surface area contributed by atoms with Crippen LogP contribution in [0.3, 0.4) is 0 Å². The lowest BCUT2D eigenvalue weighted by molar-refractivity contribution is 0.276. The van der Waals surface area contributed by atoms with E-state index in [-0.39, 0.29) is 0 Å². The summed E-state index contributed by atoms with van der Waals surface area (Å²) in [5, 5.41) is 13.2. The molecule has 0 radical (unpaired) electrons. The van der Waals surface area contributed by atoms with Gasteiger partial charge >= 0.3 is 0 Å². The third-order valence-corrected chi connectivity index (χ3v) is 0.797. The number of aliphatic imine (C=N–C) groups is 1. The molecule has 0 spiro atoms. The molecule has 0 aromatic carbocycles. The highest BCUT2D eigenvalue weighted by Gasteiger charge is 1.96. The van der Waals surface area contributed by atoms with Crippen LogP contribution in [-0.2, 0) is 0 Å². The quantitative estimate of drug-likeness (QED) is 0.370. The van der Waals surface area contributed by atoms with Gasteiger partial charge in [-0.2, -0.15) is 10.4 Å². The van der Waals surface area contributed by atoms with Gasteiger partial charge in [-0.05, 0) is 0 Å². The molecule has 1 aliphatic heterocycles. The summed E-state index contributed by atoms with van der Waals surface area (Å²) in [6.07, 6.45) is 4.76. The summed E-state index contributed by atoms with van der Waals surface area (Å²) in [7, 11) is 0. The van der Waals surface area contributed by atoms with Crippen molar-refractivity contribution in [3.63, 3.8) is 0 Å².